The molecule has 0 saturated heterocycles. The molecule has 3 rings (SSSR count). The van der Waals surface area contributed by atoms with Gasteiger partial charge in [0, 0.05) is 24.2 Å². The average Bonchev–Trinajstić information content (AvgIpc) is 2.73. The maximum atomic E-state index is 12.3. The molecule has 0 N–H and O–H groups in total. The zero-order valence-electron chi connectivity index (χ0n) is 14.1. The molecule has 0 spiro atoms. The maximum absolute atomic E-state index is 12.3. The molecule has 2 aromatic carbocycles. The van der Waals surface area contributed by atoms with Gasteiger partial charge in [-0.15, -0.1) is 0 Å². The van der Waals surface area contributed by atoms with Gasteiger partial charge in [-0.25, -0.2) is 0 Å². The Morgan fingerprint density at radius 3 is 2.58 bits per heavy atom. The SMILES string of the molecule is CCOc1cc2c(cc1OC)C(c1ccccc1)=NCC(=O)N2C. The summed E-state index contributed by atoms with van der Waals surface area (Å²) in [5, 5.41) is 0. The van der Waals surface area contributed by atoms with Crippen LogP contribution in [0.15, 0.2) is 47.5 Å². The number of anilines is 1. The number of methoxy groups -OCH3 is 1. The predicted molar refractivity (Wildman–Crippen MR) is 94.5 cm³/mol. The van der Waals surface area contributed by atoms with Gasteiger partial charge < -0.3 is 14.4 Å². The first-order valence-corrected chi connectivity index (χ1v) is 7.87. The van der Waals surface area contributed by atoms with Crippen molar-refractivity contribution in [2.45, 2.75) is 6.92 Å². The largest absolute Gasteiger partial charge is 0.493 e. The highest BCUT2D eigenvalue weighted by Crippen LogP contribution is 2.37. The molecule has 0 saturated carbocycles. The van der Waals surface area contributed by atoms with Crippen molar-refractivity contribution in [3.05, 3.63) is 53.6 Å². The molecule has 1 amide bonds. The summed E-state index contributed by atoms with van der Waals surface area (Å²) in [6.45, 7) is 2.55. The van der Waals surface area contributed by atoms with Gasteiger partial charge in [-0.1, -0.05) is 30.3 Å². The molecule has 1 aliphatic heterocycles. The Bertz CT molecular complexity index is 785. The number of carbonyl (C=O) groups is 1. The summed E-state index contributed by atoms with van der Waals surface area (Å²) >= 11 is 0. The average molecular weight is 324 g/mol. The number of likely N-dealkylation sites (N-methyl/N-ethyl adjacent to an activating group) is 1. The summed E-state index contributed by atoms with van der Waals surface area (Å²) in [4.78, 5) is 18.5. The van der Waals surface area contributed by atoms with E-state index in [0.717, 1.165) is 22.5 Å². The summed E-state index contributed by atoms with van der Waals surface area (Å²) in [5.41, 5.74) is 3.37. The number of hydrogen-bond acceptors (Lipinski definition) is 4. The van der Waals surface area contributed by atoms with Crippen LogP contribution in [0.4, 0.5) is 5.69 Å². The standard InChI is InChI=1S/C19H20N2O3/c1-4-24-17-11-15-14(10-16(17)23-3)19(13-8-6-5-7-9-13)20-12-18(22)21(15)2/h5-11H,4,12H2,1-3H3. The molecule has 24 heavy (non-hydrogen) atoms. The molecule has 5 nitrogen and oxygen atoms in total. The van der Waals surface area contributed by atoms with Gasteiger partial charge >= 0.3 is 0 Å². The van der Waals surface area contributed by atoms with Crippen LogP contribution >= 0.6 is 0 Å². The van der Waals surface area contributed by atoms with Crippen molar-refractivity contribution < 1.29 is 14.3 Å². The van der Waals surface area contributed by atoms with E-state index in [1.165, 1.54) is 0 Å². The number of ether oxygens (including phenoxy) is 2. The highest BCUT2D eigenvalue weighted by atomic mass is 16.5. The fourth-order valence-electron chi connectivity index (χ4n) is 2.76. The van der Waals surface area contributed by atoms with Crippen molar-refractivity contribution in [1.82, 2.24) is 0 Å². The first kappa shape index (κ1) is 16.1. The minimum atomic E-state index is -0.0604. The third-order valence-corrected chi connectivity index (χ3v) is 3.99. The molecule has 0 bridgehead atoms. The van der Waals surface area contributed by atoms with Crippen LogP contribution in [0.5, 0.6) is 11.5 Å². The minimum Gasteiger partial charge on any atom is -0.493 e. The normalized spacial score (nSPS) is 13.9. The summed E-state index contributed by atoms with van der Waals surface area (Å²) in [7, 11) is 3.36. The zero-order chi connectivity index (χ0) is 17.1. The second kappa shape index (κ2) is 6.74. The van der Waals surface area contributed by atoms with E-state index in [9.17, 15) is 4.79 Å². The molecule has 0 atom stereocenters. The van der Waals surface area contributed by atoms with E-state index in [1.807, 2.05) is 49.4 Å². The van der Waals surface area contributed by atoms with Crippen molar-refractivity contribution in [2.24, 2.45) is 4.99 Å². The van der Waals surface area contributed by atoms with E-state index in [2.05, 4.69) is 4.99 Å². The van der Waals surface area contributed by atoms with E-state index in [-0.39, 0.29) is 12.5 Å². The van der Waals surface area contributed by atoms with E-state index < -0.39 is 0 Å². The molecule has 124 valence electrons. The highest BCUT2D eigenvalue weighted by molar-refractivity contribution is 6.19. The second-order valence-electron chi connectivity index (χ2n) is 5.44. The second-order valence-corrected chi connectivity index (χ2v) is 5.44. The van der Waals surface area contributed by atoms with Crippen LogP contribution in [0, 0.1) is 0 Å². The van der Waals surface area contributed by atoms with Crippen LogP contribution in [-0.4, -0.2) is 38.9 Å². The Labute approximate surface area is 141 Å². The summed E-state index contributed by atoms with van der Waals surface area (Å²) in [6.07, 6.45) is 0. The maximum Gasteiger partial charge on any atom is 0.248 e. The van der Waals surface area contributed by atoms with Gasteiger partial charge in [-0.3, -0.25) is 9.79 Å². The Morgan fingerprint density at radius 1 is 1.17 bits per heavy atom. The van der Waals surface area contributed by atoms with Crippen molar-refractivity contribution >= 4 is 17.3 Å². The zero-order valence-corrected chi connectivity index (χ0v) is 14.1. The number of fused-ring (bicyclic) bond motifs is 1. The first-order chi connectivity index (χ1) is 11.7. The number of amides is 1. The molecule has 1 aliphatic rings. The smallest absolute Gasteiger partial charge is 0.248 e. The third kappa shape index (κ3) is 2.85. The third-order valence-electron chi connectivity index (χ3n) is 3.99. The van der Waals surface area contributed by atoms with Crippen LogP contribution in [0.25, 0.3) is 0 Å². The molecule has 0 radical (unpaired) electrons. The molecule has 0 unspecified atom stereocenters. The van der Waals surface area contributed by atoms with Crippen LogP contribution in [0.3, 0.4) is 0 Å². The van der Waals surface area contributed by atoms with Gasteiger partial charge in [0.05, 0.1) is 25.1 Å². The number of hydrogen-bond donors (Lipinski definition) is 0. The molecule has 5 heteroatoms. The van der Waals surface area contributed by atoms with Gasteiger partial charge in [0.25, 0.3) is 0 Å². The molecule has 1 heterocycles. The summed E-state index contributed by atoms with van der Waals surface area (Å²) in [6, 6.07) is 13.6. The topological polar surface area (TPSA) is 51.1 Å². The number of nitrogens with zero attached hydrogens (tertiary/aromatic N) is 2. The van der Waals surface area contributed by atoms with E-state index in [0.29, 0.717) is 18.1 Å². The number of benzene rings is 2. The van der Waals surface area contributed by atoms with Crippen LogP contribution < -0.4 is 14.4 Å². The molecular formula is C19H20N2O3. The fourth-order valence-corrected chi connectivity index (χ4v) is 2.76. The van der Waals surface area contributed by atoms with Gasteiger partial charge in [0.1, 0.15) is 6.54 Å². The molecule has 0 fully saturated rings. The number of rotatable bonds is 4. The first-order valence-electron chi connectivity index (χ1n) is 7.87. The predicted octanol–water partition coefficient (Wildman–Crippen LogP) is 2.91. The number of aliphatic imine (C=N–C) groups is 1. The quantitative estimate of drug-likeness (QED) is 0.869. The monoisotopic (exact) mass is 324 g/mol. The van der Waals surface area contributed by atoms with Crippen molar-refractivity contribution in [3.63, 3.8) is 0 Å². The molecule has 0 aliphatic carbocycles. The summed E-state index contributed by atoms with van der Waals surface area (Å²) in [5.74, 6) is 1.18. The number of benzodiazepines with no additional fused rings is 1. The van der Waals surface area contributed by atoms with Crippen molar-refractivity contribution in [2.75, 3.05) is 32.2 Å². The van der Waals surface area contributed by atoms with E-state index in [1.54, 1.807) is 19.1 Å². The Balaban J connectivity index is 2.22. The van der Waals surface area contributed by atoms with Crippen LogP contribution in [-0.2, 0) is 4.79 Å². The lowest BCUT2D eigenvalue weighted by molar-refractivity contribution is -0.116. The lowest BCUT2D eigenvalue weighted by Gasteiger charge is -2.21. The summed E-state index contributed by atoms with van der Waals surface area (Å²) < 4.78 is 11.1. The molecular weight excluding hydrogens is 304 g/mol. The Hall–Kier alpha value is -2.82. The van der Waals surface area contributed by atoms with Crippen molar-refractivity contribution in [1.29, 1.82) is 0 Å². The molecule has 2 aromatic rings. The lowest BCUT2D eigenvalue weighted by atomic mass is 9.99. The van der Waals surface area contributed by atoms with E-state index in [4.69, 9.17) is 9.47 Å². The Kier molecular flexibility index (Phi) is 4.51. The van der Waals surface area contributed by atoms with Gasteiger partial charge in [-0.2, -0.15) is 0 Å². The van der Waals surface area contributed by atoms with Crippen molar-refractivity contribution in [3.8, 4) is 11.5 Å². The minimum absolute atomic E-state index is 0.0604. The number of carbonyl (C=O) groups excluding carboxylic acids is 1. The molecule has 0 aromatic heterocycles. The Morgan fingerprint density at radius 2 is 1.92 bits per heavy atom. The van der Waals surface area contributed by atoms with Crippen LogP contribution in [0.2, 0.25) is 0 Å². The fraction of sp³-hybridized carbons (Fsp3) is 0.263. The van der Waals surface area contributed by atoms with E-state index >= 15 is 0 Å². The van der Waals surface area contributed by atoms with Gasteiger partial charge in [-0.05, 0) is 13.0 Å². The van der Waals surface area contributed by atoms with Gasteiger partial charge in [0.15, 0.2) is 11.5 Å². The lowest BCUT2D eigenvalue weighted by Crippen LogP contribution is -2.27. The van der Waals surface area contributed by atoms with Gasteiger partial charge in [0.2, 0.25) is 5.91 Å². The van der Waals surface area contributed by atoms with Crippen LogP contribution in [0.1, 0.15) is 18.1 Å². The highest BCUT2D eigenvalue weighted by Gasteiger charge is 2.25.